The molecule has 0 radical (unpaired) electrons. The van der Waals surface area contributed by atoms with Crippen LogP contribution in [0.15, 0.2) is 20.8 Å². The maximum atomic E-state index is 4.84. The fourth-order valence-corrected chi connectivity index (χ4v) is 3.85. The molecular weight excluding hydrogens is 202 g/mol. The summed E-state index contributed by atoms with van der Waals surface area (Å²) >= 11 is 3.72. The Hall–Kier alpha value is -0.480. The Morgan fingerprint density at radius 3 is 3.23 bits per heavy atom. The molecule has 1 aromatic heterocycles. The molecule has 2 heterocycles. The quantitative estimate of drug-likeness (QED) is 0.669. The average Bonchev–Trinajstić information content (AvgIpc) is 2.52. The van der Waals surface area contributed by atoms with Crippen LogP contribution in [0, 0.1) is 0 Å². The number of oxime groups is 1. The molecule has 0 saturated heterocycles. The predicted molar refractivity (Wildman–Crippen MR) is 57.8 cm³/mol. The van der Waals surface area contributed by atoms with Crippen molar-refractivity contribution in [3.05, 3.63) is 17.0 Å². The van der Waals surface area contributed by atoms with Crippen molar-refractivity contribution in [3.63, 3.8) is 0 Å². The number of hydrogen-bond donors (Lipinski definition) is 0. The molecule has 0 spiro atoms. The van der Waals surface area contributed by atoms with Gasteiger partial charge >= 0.3 is 0 Å². The molecule has 4 heteroatoms. The summed E-state index contributed by atoms with van der Waals surface area (Å²) in [7, 11) is 1.60. The van der Waals surface area contributed by atoms with Crippen molar-refractivity contribution in [1.29, 1.82) is 0 Å². The van der Waals surface area contributed by atoms with Gasteiger partial charge in [-0.3, -0.25) is 0 Å². The summed E-state index contributed by atoms with van der Waals surface area (Å²) in [6, 6.07) is 2.12. The molecule has 0 saturated carbocycles. The van der Waals surface area contributed by atoms with E-state index in [1.165, 1.54) is 9.77 Å². The highest BCUT2D eigenvalue weighted by Crippen LogP contribution is 2.38. The second-order valence-electron chi connectivity index (χ2n) is 2.97. The summed E-state index contributed by atoms with van der Waals surface area (Å²) in [6.07, 6.45) is 1.00. The van der Waals surface area contributed by atoms with Crippen LogP contribution in [-0.4, -0.2) is 18.1 Å². The van der Waals surface area contributed by atoms with Gasteiger partial charge in [-0.15, -0.1) is 23.1 Å². The third-order valence-corrected chi connectivity index (χ3v) is 4.22. The monoisotopic (exact) mass is 213 g/mol. The largest absolute Gasteiger partial charge is 0.399 e. The van der Waals surface area contributed by atoms with Gasteiger partial charge in [0.05, 0.1) is 9.92 Å². The molecule has 0 bridgehead atoms. The van der Waals surface area contributed by atoms with Gasteiger partial charge in [-0.2, -0.15) is 0 Å². The summed E-state index contributed by atoms with van der Waals surface area (Å²) in [5.74, 6) is 0. The van der Waals surface area contributed by atoms with Gasteiger partial charge in [-0.1, -0.05) is 12.1 Å². The Bertz CT molecular complexity index is 332. The summed E-state index contributed by atoms with van der Waals surface area (Å²) in [4.78, 5) is 4.84. The van der Waals surface area contributed by atoms with E-state index in [0.717, 1.165) is 12.1 Å². The van der Waals surface area contributed by atoms with Gasteiger partial charge in [-0.25, -0.2) is 0 Å². The minimum absolute atomic E-state index is 0.611. The van der Waals surface area contributed by atoms with E-state index in [4.69, 9.17) is 4.84 Å². The van der Waals surface area contributed by atoms with Crippen molar-refractivity contribution in [3.8, 4) is 0 Å². The van der Waals surface area contributed by atoms with Crippen LogP contribution >= 0.6 is 23.1 Å². The number of nitrogens with zero attached hydrogens (tertiary/aromatic N) is 1. The fraction of sp³-hybridized carbons (Fsp3) is 0.444. The van der Waals surface area contributed by atoms with Gasteiger partial charge in [0, 0.05) is 17.2 Å². The van der Waals surface area contributed by atoms with Crippen molar-refractivity contribution >= 4 is 28.8 Å². The normalized spacial score (nSPS) is 24.5. The van der Waals surface area contributed by atoms with Crippen LogP contribution in [0.1, 0.15) is 18.9 Å². The Kier molecular flexibility index (Phi) is 2.60. The van der Waals surface area contributed by atoms with Gasteiger partial charge in [-0.05, 0) is 11.4 Å². The van der Waals surface area contributed by atoms with Gasteiger partial charge in [0.25, 0.3) is 0 Å². The first-order chi connectivity index (χ1) is 6.31. The minimum Gasteiger partial charge on any atom is -0.399 e. The van der Waals surface area contributed by atoms with Gasteiger partial charge in [0.15, 0.2) is 0 Å². The zero-order valence-electron chi connectivity index (χ0n) is 7.61. The number of rotatable bonds is 1. The maximum absolute atomic E-state index is 4.84. The summed E-state index contributed by atoms with van der Waals surface area (Å²) in [6.45, 7) is 2.22. The van der Waals surface area contributed by atoms with E-state index >= 15 is 0 Å². The summed E-state index contributed by atoms with van der Waals surface area (Å²) in [5, 5.41) is 6.78. The van der Waals surface area contributed by atoms with Gasteiger partial charge < -0.3 is 4.84 Å². The smallest absolute Gasteiger partial charge is 0.106 e. The van der Waals surface area contributed by atoms with Crippen molar-refractivity contribution in [2.24, 2.45) is 5.16 Å². The predicted octanol–water partition coefficient (Wildman–Crippen LogP) is 2.98. The first-order valence-corrected chi connectivity index (χ1v) is 5.91. The van der Waals surface area contributed by atoms with E-state index in [9.17, 15) is 0 Å². The molecule has 2 nitrogen and oxygen atoms in total. The van der Waals surface area contributed by atoms with Crippen LogP contribution in [0.2, 0.25) is 0 Å². The number of fused-ring (bicyclic) bond motifs is 1. The van der Waals surface area contributed by atoms with E-state index in [-0.39, 0.29) is 0 Å². The summed E-state index contributed by atoms with van der Waals surface area (Å²) in [5.41, 5.74) is 2.35. The lowest BCUT2D eigenvalue weighted by molar-refractivity contribution is 0.212. The molecule has 0 amide bonds. The highest BCUT2D eigenvalue weighted by molar-refractivity contribution is 8.01. The van der Waals surface area contributed by atoms with Crippen LogP contribution in [0.5, 0.6) is 0 Å². The van der Waals surface area contributed by atoms with Crippen LogP contribution in [-0.2, 0) is 4.84 Å². The Morgan fingerprint density at radius 2 is 2.46 bits per heavy atom. The minimum atomic E-state index is 0.611. The van der Waals surface area contributed by atoms with Gasteiger partial charge in [0.2, 0.25) is 0 Å². The van der Waals surface area contributed by atoms with Crippen LogP contribution in [0.4, 0.5) is 0 Å². The molecule has 0 aliphatic carbocycles. The van der Waals surface area contributed by atoms with Gasteiger partial charge in [0.1, 0.15) is 7.11 Å². The third kappa shape index (κ3) is 1.74. The zero-order valence-corrected chi connectivity index (χ0v) is 9.24. The zero-order chi connectivity index (χ0) is 9.26. The molecule has 13 heavy (non-hydrogen) atoms. The molecule has 1 atom stereocenters. The topological polar surface area (TPSA) is 21.6 Å². The molecule has 0 unspecified atom stereocenters. The second-order valence-corrected chi connectivity index (χ2v) is 5.60. The Morgan fingerprint density at radius 1 is 1.62 bits per heavy atom. The third-order valence-electron chi connectivity index (χ3n) is 1.93. The lowest BCUT2D eigenvalue weighted by Gasteiger charge is -2.18. The number of hydrogen-bond acceptors (Lipinski definition) is 4. The lowest BCUT2D eigenvalue weighted by Crippen LogP contribution is -2.14. The molecule has 0 aromatic carbocycles. The van der Waals surface area contributed by atoms with Crippen molar-refractivity contribution in [2.75, 3.05) is 7.11 Å². The molecule has 70 valence electrons. The molecule has 0 fully saturated rings. The van der Waals surface area contributed by atoms with Crippen LogP contribution < -0.4 is 0 Å². The van der Waals surface area contributed by atoms with E-state index in [0.29, 0.717) is 5.25 Å². The van der Waals surface area contributed by atoms with E-state index < -0.39 is 0 Å². The molecular formula is C9H11NOS2. The molecule has 1 aliphatic rings. The highest BCUT2D eigenvalue weighted by Gasteiger charge is 2.22. The fourth-order valence-electron chi connectivity index (χ4n) is 1.40. The van der Waals surface area contributed by atoms with Crippen LogP contribution in [0.3, 0.4) is 0 Å². The highest BCUT2D eigenvalue weighted by atomic mass is 32.2. The number of thiophene rings is 1. The van der Waals surface area contributed by atoms with Crippen molar-refractivity contribution < 1.29 is 4.84 Å². The van der Waals surface area contributed by atoms with Crippen molar-refractivity contribution in [1.82, 2.24) is 0 Å². The maximum Gasteiger partial charge on any atom is 0.106 e. The van der Waals surface area contributed by atoms with E-state index in [1.807, 2.05) is 11.8 Å². The molecule has 1 aromatic rings. The SMILES string of the molecule is CO/N=C1/C[C@H](C)Sc2sccc21. The lowest BCUT2D eigenvalue weighted by atomic mass is 10.1. The van der Waals surface area contributed by atoms with E-state index in [2.05, 4.69) is 23.5 Å². The molecule has 1 aliphatic heterocycles. The Labute approximate surface area is 86.0 Å². The second kappa shape index (κ2) is 3.72. The van der Waals surface area contributed by atoms with E-state index in [1.54, 1.807) is 18.4 Å². The first-order valence-electron chi connectivity index (χ1n) is 4.16. The van der Waals surface area contributed by atoms with Crippen LogP contribution in [0.25, 0.3) is 0 Å². The molecule has 0 N–H and O–H groups in total. The summed E-state index contributed by atoms with van der Waals surface area (Å²) < 4.78 is 1.37. The van der Waals surface area contributed by atoms with Crippen molar-refractivity contribution in [2.45, 2.75) is 22.8 Å². The number of thioether (sulfide) groups is 1. The standard InChI is InChI=1S/C9H11NOS2/c1-6-5-8(10-11-2)7-3-4-12-9(7)13-6/h3-4,6H,5H2,1-2H3/b10-8-/t6-/m0/s1. The Balaban J connectivity index is 2.38. The average molecular weight is 213 g/mol. The molecule has 2 rings (SSSR count). The first kappa shape index (κ1) is 9.09.